The van der Waals surface area contributed by atoms with Gasteiger partial charge in [-0.3, -0.25) is 9.78 Å². The van der Waals surface area contributed by atoms with Gasteiger partial charge >= 0.3 is 5.97 Å². The Labute approximate surface area is 158 Å². The van der Waals surface area contributed by atoms with Gasteiger partial charge < -0.3 is 9.64 Å². The molecule has 27 heavy (non-hydrogen) atoms. The maximum absolute atomic E-state index is 14.4. The second kappa shape index (κ2) is 7.51. The zero-order chi connectivity index (χ0) is 19.6. The molecular formula is C21H24FN3O2. The zero-order valence-corrected chi connectivity index (χ0v) is 15.9. The minimum atomic E-state index is -1.02. The highest BCUT2D eigenvalue weighted by molar-refractivity contribution is 5.95. The first kappa shape index (κ1) is 19.1. The summed E-state index contributed by atoms with van der Waals surface area (Å²) >= 11 is 0. The van der Waals surface area contributed by atoms with Crippen molar-refractivity contribution in [2.24, 2.45) is 5.92 Å². The van der Waals surface area contributed by atoms with E-state index in [4.69, 9.17) is 4.74 Å². The highest BCUT2D eigenvalue weighted by Crippen LogP contribution is 2.33. The van der Waals surface area contributed by atoms with Crippen LogP contribution in [0.3, 0.4) is 0 Å². The van der Waals surface area contributed by atoms with Crippen LogP contribution < -0.4 is 4.90 Å². The Morgan fingerprint density at radius 1 is 1.37 bits per heavy atom. The summed E-state index contributed by atoms with van der Waals surface area (Å²) in [7, 11) is 0. The molecule has 0 N–H and O–H groups in total. The smallest absolute Gasteiger partial charge is 0.306 e. The normalized spacial score (nSPS) is 20.3. The van der Waals surface area contributed by atoms with Crippen molar-refractivity contribution >= 4 is 22.6 Å². The third kappa shape index (κ3) is 4.54. The number of alkyl halides is 1. The predicted molar refractivity (Wildman–Crippen MR) is 102 cm³/mol. The molecule has 5 nitrogen and oxygen atoms in total. The Morgan fingerprint density at radius 2 is 2.15 bits per heavy atom. The average Bonchev–Trinajstić information content (AvgIpc) is 2.58. The van der Waals surface area contributed by atoms with Crippen molar-refractivity contribution in [3.8, 4) is 6.07 Å². The molecule has 0 aliphatic carbocycles. The van der Waals surface area contributed by atoms with Gasteiger partial charge in [-0.05, 0) is 57.4 Å². The van der Waals surface area contributed by atoms with Gasteiger partial charge in [0.05, 0.1) is 17.5 Å². The Bertz CT molecular complexity index is 885. The lowest BCUT2D eigenvalue weighted by Gasteiger charge is -2.37. The summed E-state index contributed by atoms with van der Waals surface area (Å²) in [5.41, 5.74) is 1.40. The van der Waals surface area contributed by atoms with Crippen LogP contribution in [0.25, 0.3) is 10.9 Å². The van der Waals surface area contributed by atoms with Crippen molar-refractivity contribution in [3.05, 3.63) is 36.0 Å². The number of carbonyl (C=O) groups is 1. The second-order valence-corrected chi connectivity index (χ2v) is 8.04. The summed E-state index contributed by atoms with van der Waals surface area (Å²) in [6.45, 7) is 6.31. The molecule has 0 amide bonds. The topological polar surface area (TPSA) is 66.2 Å². The first-order valence-electron chi connectivity index (χ1n) is 9.15. The molecule has 0 unspecified atom stereocenters. The molecule has 2 aromatic rings. The van der Waals surface area contributed by atoms with Crippen LogP contribution in [0.1, 0.15) is 39.2 Å². The van der Waals surface area contributed by atoms with E-state index in [2.05, 4.69) is 11.1 Å². The summed E-state index contributed by atoms with van der Waals surface area (Å²) < 4.78 is 19.8. The van der Waals surface area contributed by atoms with Crippen LogP contribution in [0, 0.1) is 17.2 Å². The molecule has 1 fully saturated rings. The molecule has 0 saturated carbocycles. The van der Waals surface area contributed by atoms with Crippen LogP contribution in [-0.2, 0) is 9.53 Å². The molecule has 142 valence electrons. The first-order valence-corrected chi connectivity index (χ1v) is 9.15. The highest BCUT2D eigenvalue weighted by Gasteiger charge is 2.31. The highest BCUT2D eigenvalue weighted by atomic mass is 19.1. The minimum Gasteiger partial charge on any atom is -0.460 e. The second-order valence-electron chi connectivity index (χ2n) is 8.04. The van der Waals surface area contributed by atoms with Crippen LogP contribution in [0.15, 0.2) is 30.5 Å². The lowest BCUT2D eigenvalue weighted by Crippen LogP contribution is -2.42. The number of halogens is 1. The van der Waals surface area contributed by atoms with Crippen molar-refractivity contribution < 1.29 is 13.9 Å². The van der Waals surface area contributed by atoms with Crippen LogP contribution in [-0.4, -0.2) is 35.8 Å². The largest absolute Gasteiger partial charge is 0.460 e. The van der Waals surface area contributed by atoms with Crippen molar-refractivity contribution in [1.82, 2.24) is 4.98 Å². The number of anilines is 1. The number of esters is 1. The molecule has 2 heterocycles. The number of fused-ring (bicyclic) bond motifs is 1. The lowest BCUT2D eigenvalue weighted by atomic mass is 9.92. The Kier molecular flexibility index (Phi) is 5.31. The maximum Gasteiger partial charge on any atom is 0.306 e. The number of aromatic nitrogens is 1. The van der Waals surface area contributed by atoms with E-state index in [0.717, 1.165) is 11.1 Å². The van der Waals surface area contributed by atoms with Gasteiger partial charge in [0.25, 0.3) is 0 Å². The van der Waals surface area contributed by atoms with Crippen molar-refractivity contribution in [2.45, 2.75) is 45.4 Å². The number of nitrogens with zero attached hydrogens (tertiary/aromatic N) is 3. The number of hydrogen-bond donors (Lipinski definition) is 0. The molecule has 0 bridgehead atoms. The van der Waals surface area contributed by atoms with Crippen molar-refractivity contribution in [2.75, 3.05) is 18.0 Å². The van der Waals surface area contributed by atoms with Gasteiger partial charge in [-0.2, -0.15) is 5.26 Å². The Morgan fingerprint density at radius 3 is 2.85 bits per heavy atom. The molecule has 6 heteroatoms. The number of carbonyl (C=O) groups excluding carboxylic acids is 1. The summed E-state index contributed by atoms with van der Waals surface area (Å²) in [4.78, 5) is 18.4. The van der Waals surface area contributed by atoms with E-state index in [9.17, 15) is 14.4 Å². The SMILES string of the molecule is CC(C)(C)OC(=O)C[C@@H]1C[C@H](F)CN(c2ccc(C#N)c3ncccc23)C1. The monoisotopic (exact) mass is 369 g/mol. The number of piperidine rings is 1. The Balaban J connectivity index is 1.84. The van der Waals surface area contributed by atoms with Gasteiger partial charge in [0.1, 0.15) is 17.8 Å². The number of pyridine rings is 1. The van der Waals surface area contributed by atoms with E-state index in [1.54, 1.807) is 12.3 Å². The lowest BCUT2D eigenvalue weighted by molar-refractivity contribution is -0.156. The quantitative estimate of drug-likeness (QED) is 0.765. The van der Waals surface area contributed by atoms with E-state index >= 15 is 0 Å². The van der Waals surface area contributed by atoms with Crippen molar-refractivity contribution in [3.63, 3.8) is 0 Å². The fourth-order valence-corrected chi connectivity index (χ4v) is 3.62. The van der Waals surface area contributed by atoms with Crippen LogP contribution in [0.2, 0.25) is 0 Å². The number of hydrogen-bond acceptors (Lipinski definition) is 5. The van der Waals surface area contributed by atoms with E-state index in [1.807, 2.05) is 43.9 Å². The molecule has 1 aromatic heterocycles. The molecule has 0 radical (unpaired) electrons. The molecule has 1 aliphatic rings. The van der Waals surface area contributed by atoms with E-state index < -0.39 is 11.8 Å². The van der Waals surface area contributed by atoms with E-state index in [0.29, 0.717) is 24.0 Å². The van der Waals surface area contributed by atoms with Gasteiger partial charge in [-0.1, -0.05) is 0 Å². The maximum atomic E-state index is 14.4. The summed E-state index contributed by atoms with van der Waals surface area (Å²) in [5.74, 6) is -0.418. The first-order chi connectivity index (χ1) is 12.8. The van der Waals surface area contributed by atoms with E-state index in [1.165, 1.54) is 0 Å². The predicted octanol–water partition coefficient (Wildman–Crippen LogP) is 4.00. The van der Waals surface area contributed by atoms with Crippen molar-refractivity contribution in [1.29, 1.82) is 5.26 Å². The fourth-order valence-electron chi connectivity index (χ4n) is 3.62. The van der Waals surface area contributed by atoms with Gasteiger partial charge in [0.15, 0.2) is 0 Å². The van der Waals surface area contributed by atoms with Crippen LogP contribution in [0.4, 0.5) is 10.1 Å². The van der Waals surface area contributed by atoms with Gasteiger partial charge in [-0.25, -0.2) is 4.39 Å². The number of benzene rings is 1. The number of rotatable bonds is 3. The van der Waals surface area contributed by atoms with E-state index in [-0.39, 0.29) is 24.9 Å². The molecule has 1 saturated heterocycles. The third-order valence-electron chi connectivity index (χ3n) is 4.57. The average molecular weight is 369 g/mol. The summed E-state index contributed by atoms with van der Waals surface area (Å²) in [6, 6.07) is 9.40. The summed E-state index contributed by atoms with van der Waals surface area (Å²) in [5, 5.41) is 10.1. The third-order valence-corrected chi connectivity index (χ3v) is 4.57. The van der Waals surface area contributed by atoms with Crippen LogP contribution >= 0.6 is 0 Å². The molecule has 2 atom stereocenters. The Hall–Kier alpha value is -2.68. The van der Waals surface area contributed by atoms with Gasteiger partial charge in [-0.15, -0.1) is 0 Å². The number of nitriles is 1. The molecule has 1 aliphatic heterocycles. The molecule has 3 rings (SSSR count). The fraction of sp³-hybridized carbons (Fsp3) is 0.476. The summed E-state index contributed by atoms with van der Waals surface area (Å²) in [6.07, 6.45) is 1.17. The number of ether oxygens (including phenoxy) is 1. The zero-order valence-electron chi connectivity index (χ0n) is 15.9. The molecule has 1 aromatic carbocycles. The van der Waals surface area contributed by atoms with Crippen LogP contribution in [0.5, 0.6) is 0 Å². The van der Waals surface area contributed by atoms with Gasteiger partial charge in [0.2, 0.25) is 0 Å². The standard InChI is InChI=1S/C21H24FN3O2/c1-21(2,3)27-19(26)10-14-9-16(22)13-25(12-14)18-7-6-15(11-23)20-17(18)5-4-8-24-20/h4-8,14,16H,9-10,12-13H2,1-3H3/t14-,16-/m0/s1. The molecule has 0 spiro atoms. The van der Waals surface area contributed by atoms with Gasteiger partial charge in [0, 0.05) is 30.4 Å². The minimum absolute atomic E-state index is 0.119. The molecular weight excluding hydrogens is 345 g/mol.